The lowest BCUT2D eigenvalue weighted by Gasteiger charge is -2.32. The molecule has 252 valence electrons. The Morgan fingerprint density at radius 3 is 2.62 bits per heavy atom. The molecule has 0 saturated carbocycles. The Balaban J connectivity index is 1.64. The summed E-state index contributed by atoms with van der Waals surface area (Å²) in [6, 6.07) is 14.0. The van der Waals surface area contributed by atoms with Gasteiger partial charge < -0.3 is 31.0 Å². The predicted molar refractivity (Wildman–Crippen MR) is 181 cm³/mol. The first-order valence-electron chi connectivity index (χ1n) is 15.4. The van der Waals surface area contributed by atoms with Gasteiger partial charge in [-0.2, -0.15) is 0 Å². The van der Waals surface area contributed by atoms with Crippen molar-refractivity contribution in [1.29, 1.82) is 5.41 Å². The van der Waals surface area contributed by atoms with Gasteiger partial charge in [0.05, 0.1) is 22.2 Å². The van der Waals surface area contributed by atoms with Gasteiger partial charge in [-0.05, 0) is 75.4 Å². The van der Waals surface area contributed by atoms with Gasteiger partial charge in [-0.3, -0.25) is 15.2 Å². The zero-order valence-corrected chi connectivity index (χ0v) is 26.9. The number of aromatic nitrogens is 1. The summed E-state index contributed by atoms with van der Waals surface area (Å²) in [6.07, 6.45) is 4.20. The maximum absolute atomic E-state index is 15.6. The first-order valence-corrected chi connectivity index (χ1v) is 15.4. The van der Waals surface area contributed by atoms with Crippen molar-refractivity contribution in [1.82, 2.24) is 4.98 Å². The minimum absolute atomic E-state index is 0.0176. The number of amidine groups is 2. The van der Waals surface area contributed by atoms with Crippen molar-refractivity contribution in [2.75, 3.05) is 11.6 Å². The first kappa shape index (κ1) is 34.1. The number of carbonyl (C=O) groups is 1. The predicted octanol–water partition coefficient (Wildman–Crippen LogP) is 5.97. The summed E-state index contributed by atoms with van der Waals surface area (Å²) in [5.74, 6) is 3.40. The highest BCUT2D eigenvalue weighted by molar-refractivity contribution is 6.07. The van der Waals surface area contributed by atoms with E-state index in [1.807, 2.05) is 31.2 Å². The Hall–Kier alpha value is -5.27. The van der Waals surface area contributed by atoms with E-state index in [1.165, 1.54) is 24.4 Å². The number of aryl methyl sites for hydroxylation is 1. The number of halogens is 2. The van der Waals surface area contributed by atoms with Crippen molar-refractivity contribution in [2.45, 2.75) is 57.5 Å². The number of aliphatic carboxylic acids is 1. The molecule has 0 aliphatic carbocycles. The molecule has 4 aromatic rings. The van der Waals surface area contributed by atoms with Gasteiger partial charge in [0.2, 0.25) is 0 Å². The molecule has 2 bridgehead atoms. The van der Waals surface area contributed by atoms with Crippen molar-refractivity contribution in [3.05, 3.63) is 101 Å². The topological polar surface area (TPSA) is 189 Å². The number of carboxylic acid groups (broad SMARTS) is 1. The highest BCUT2D eigenvalue weighted by Crippen LogP contribution is 2.41. The number of ether oxygens (including phenoxy) is 2. The van der Waals surface area contributed by atoms with Gasteiger partial charge in [0, 0.05) is 36.9 Å². The molecule has 13 heteroatoms. The minimum Gasteiger partial charge on any atom is -0.481 e. The fourth-order valence-electron chi connectivity index (χ4n) is 5.61. The van der Waals surface area contributed by atoms with E-state index in [9.17, 15) is 9.90 Å². The van der Waals surface area contributed by atoms with E-state index in [4.69, 9.17) is 32.2 Å². The number of carboxylic acids is 1. The van der Waals surface area contributed by atoms with E-state index in [0.29, 0.717) is 30.2 Å². The van der Waals surface area contributed by atoms with Crippen LogP contribution in [0.4, 0.5) is 14.5 Å². The lowest BCUT2D eigenvalue weighted by atomic mass is 9.76. The zero-order valence-electron chi connectivity index (χ0n) is 26.9. The molecule has 1 aliphatic rings. The molecule has 11 nitrogen and oxygen atoms in total. The van der Waals surface area contributed by atoms with Gasteiger partial charge in [-0.15, -0.1) is 0 Å². The van der Waals surface area contributed by atoms with Crippen molar-refractivity contribution in [2.24, 2.45) is 22.3 Å². The molecule has 3 aromatic carbocycles. The van der Waals surface area contributed by atoms with Crippen LogP contribution in [-0.4, -0.2) is 39.9 Å². The molecule has 48 heavy (non-hydrogen) atoms. The molecular formula is C35H39F2N7O4. The summed E-state index contributed by atoms with van der Waals surface area (Å²) in [7, 11) is 0. The molecule has 1 aromatic heterocycles. The van der Waals surface area contributed by atoms with Crippen LogP contribution >= 0.6 is 0 Å². The van der Waals surface area contributed by atoms with Crippen LogP contribution in [0.5, 0.6) is 11.5 Å². The lowest BCUT2D eigenvalue weighted by molar-refractivity contribution is -0.136. The van der Waals surface area contributed by atoms with E-state index in [2.05, 4.69) is 9.98 Å². The summed E-state index contributed by atoms with van der Waals surface area (Å²) in [4.78, 5) is 18.6. The number of nitrogens with one attached hydrogen (secondary N) is 2. The molecule has 5 rings (SSSR count). The number of anilines is 1. The number of H-pyrrole nitrogens is 1. The second kappa shape index (κ2) is 13.5. The number of hydrazine groups is 1. The first-order chi connectivity index (χ1) is 22.7. The second-order valence-electron chi connectivity index (χ2n) is 12.4. The molecule has 0 radical (unpaired) electrons. The van der Waals surface area contributed by atoms with E-state index in [0.717, 1.165) is 22.2 Å². The third-order valence-electron chi connectivity index (χ3n) is 8.65. The van der Waals surface area contributed by atoms with Crippen molar-refractivity contribution in [3.8, 4) is 11.5 Å². The maximum Gasteiger partial charge on any atom is 0.303 e. The monoisotopic (exact) mass is 659 g/mol. The quantitative estimate of drug-likeness (QED) is 0.145. The van der Waals surface area contributed by atoms with E-state index in [1.54, 1.807) is 26.1 Å². The number of nitrogens with two attached hydrogens (primary N) is 3. The number of aromatic amines is 1. The molecule has 0 spiro atoms. The SMILES string of the molecule is CC1(C)OCCCC(C)(c2cccc(CCC(=O)O)c2)C(N)=NC(=N)c2cc(ccc2F)Oc2c(F)cc3[nH]ccc3c2N(N)/C=C/1N. The van der Waals surface area contributed by atoms with Gasteiger partial charge >= 0.3 is 5.97 Å². The van der Waals surface area contributed by atoms with Gasteiger partial charge in [-0.1, -0.05) is 24.3 Å². The van der Waals surface area contributed by atoms with Crippen LogP contribution in [-0.2, 0) is 21.4 Å². The number of aliphatic imine (C=N–C) groups is 1. The standard InChI is InChI=1S/C35H39F2N7O4/c1-34(2)28(38)19-44(41)30-23-12-14-42-27(23)18-26(37)31(30)48-22-9-10-25(36)24(17-22)32(39)43-33(40)35(3,13-5-15-47-34)21-7-4-6-20(16-21)8-11-29(45)46/h4,6-7,9-10,12,14,16-19,42H,5,8,11,13,15,38,41H2,1-3H3,(H,45,46)(H3,39,40,43)/b28-19-. The zero-order chi connectivity index (χ0) is 34.8. The smallest absolute Gasteiger partial charge is 0.303 e. The van der Waals surface area contributed by atoms with Gasteiger partial charge in [-0.25, -0.2) is 19.6 Å². The van der Waals surface area contributed by atoms with E-state index >= 15 is 8.78 Å². The van der Waals surface area contributed by atoms with Gasteiger partial charge in [0.15, 0.2) is 17.4 Å². The summed E-state index contributed by atoms with van der Waals surface area (Å²) >= 11 is 0. The molecule has 2 heterocycles. The average molecular weight is 660 g/mol. The van der Waals surface area contributed by atoms with Crippen LogP contribution in [0.25, 0.3) is 10.9 Å². The number of hydrogen-bond acceptors (Lipinski definition) is 8. The summed E-state index contributed by atoms with van der Waals surface area (Å²) < 4.78 is 43.1. The largest absolute Gasteiger partial charge is 0.481 e. The molecule has 1 aliphatic heterocycles. The van der Waals surface area contributed by atoms with Crippen molar-refractivity contribution >= 4 is 34.2 Å². The molecule has 1 unspecified atom stereocenters. The van der Waals surface area contributed by atoms with Crippen LogP contribution in [0.2, 0.25) is 0 Å². The number of benzene rings is 3. The number of nitrogens with zero attached hydrogens (tertiary/aromatic N) is 2. The van der Waals surface area contributed by atoms with Crippen molar-refractivity contribution in [3.63, 3.8) is 0 Å². The normalized spacial score (nSPS) is 20.1. The van der Waals surface area contributed by atoms with Crippen LogP contribution in [0, 0.1) is 17.0 Å². The Bertz CT molecular complexity index is 1940. The van der Waals surface area contributed by atoms with Gasteiger partial charge in [0.1, 0.15) is 28.7 Å². The van der Waals surface area contributed by atoms with Crippen LogP contribution in [0.15, 0.2) is 77.7 Å². The summed E-state index contributed by atoms with van der Waals surface area (Å²) in [5.41, 5.74) is 13.4. The number of rotatable bonds is 4. The van der Waals surface area contributed by atoms with Crippen LogP contribution in [0.3, 0.4) is 0 Å². The maximum atomic E-state index is 15.6. The molecule has 0 amide bonds. The lowest BCUT2D eigenvalue weighted by Crippen LogP contribution is -2.40. The summed E-state index contributed by atoms with van der Waals surface area (Å²) in [5, 5.41) is 19.6. The number of hydrogen-bond donors (Lipinski definition) is 6. The molecule has 0 fully saturated rings. The average Bonchev–Trinajstić information content (AvgIpc) is 3.50. The Labute approximate surface area is 276 Å². The molecule has 0 saturated heterocycles. The minimum atomic E-state index is -1.00. The van der Waals surface area contributed by atoms with Crippen LogP contribution < -0.4 is 27.1 Å². The van der Waals surface area contributed by atoms with Gasteiger partial charge in [0.25, 0.3) is 0 Å². The molecule has 1 atom stereocenters. The fourth-order valence-corrected chi connectivity index (χ4v) is 5.61. The molecular weight excluding hydrogens is 620 g/mol. The fraction of sp³-hybridized carbons (Fsp3) is 0.286. The second-order valence-corrected chi connectivity index (χ2v) is 12.4. The Morgan fingerprint density at radius 1 is 1.10 bits per heavy atom. The third kappa shape index (κ3) is 7.02. The van der Waals surface area contributed by atoms with E-state index < -0.39 is 34.5 Å². The summed E-state index contributed by atoms with van der Waals surface area (Å²) in [6.45, 7) is 5.65. The Kier molecular flexibility index (Phi) is 9.55. The number of fused-ring (bicyclic) bond motifs is 5. The highest BCUT2D eigenvalue weighted by Gasteiger charge is 2.33. The van der Waals surface area contributed by atoms with Crippen LogP contribution in [0.1, 0.15) is 56.7 Å². The van der Waals surface area contributed by atoms with Crippen molar-refractivity contribution < 1.29 is 28.2 Å². The Morgan fingerprint density at radius 2 is 1.88 bits per heavy atom. The molecule has 9 N–H and O–H groups in total. The highest BCUT2D eigenvalue weighted by atomic mass is 19.1. The van der Waals surface area contributed by atoms with E-state index in [-0.39, 0.29) is 47.3 Å². The third-order valence-corrected chi connectivity index (χ3v) is 8.65.